The average Bonchev–Trinajstić information content (AvgIpc) is 3.14. The van der Waals surface area contributed by atoms with Crippen molar-refractivity contribution in [2.75, 3.05) is 6.54 Å². The number of hydrogen-bond donors (Lipinski definition) is 4. The number of thiophene rings is 1. The number of carbonyl (C=O) groups excluding carboxylic acids is 2. The molecule has 5 N–H and O–H groups in total. The van der Waals surface area contributed by atoms with Gasteiger partial charge in [0.05, 0.1) is 9.58 Å². The van der Waals surface area contributed by atoms with Gasteiger partial charge in [-0.15, -0.1) is 11.3 Å². The van der Waals surface area contributed by atoms with Gasteiger partial charge in [0.25, 0.3) is 11.5 Å². The van der Waals surface area contributed by atoms with Gasteiger partial charge in [-0.1, -0.05) is 12.2 Å². The van der Waals surface area contributed by atoms with Crippen LogP contribution in [0.4, 0.5) is 13.2 Å². The maximum atomic E-state index is 12.5. The van der Waals surface area contributed by atoms with Gasteiger partial charge in [0.2, 0.25) is 0 Å². The highest BCUT2D eigenvalue weighted by Gasteiger charge is 2.41. The lowest BCUT2D eigenvalue weighted by atomic mass is 10.1. The van der Waals surface area contributed by atoms with Gasteiger partial charge in [0, 0.05) is 23.7 Å². The maximum Gasteiger partial charge on any atom is 0.491 e. The highest BCUT2D eigenvalue weighted by atomic mass is 32.1. The van der Waals surface area contributed by atoms with Crippen LogP contribution in [0.15, 0.2) is 41.2 Å². The Labute approximate surface area is 181 Å². The number of aromatic nitrogens is 2. The van der Waals surface area contributed by atoms with Gasteiger partial charge in [-0.3, -0.25) is 15.0 Å². The molecule has 0 saturated heterocycles. The van der Waals surface area contributed by atoms with Gasteiger partial charge >= 0.3 is 12.1 Å². The fourth-order valence-electron chi connectivity index (χ4n) is 2.49. The molecule has 32 heavy (non-hydrogen) atoms. The van der Waals surface area contributed by atoms with Crippen LogP contribution in [-0.2, 0) is 4.79 Å². The Balaban J connectivity index is 1.73. The van der Waals surface area contributed by atoms with E-state index >= 15 is 0 Å². The van der Waals surface area contributed by atoms with Gasteiger partial charge in [-0.25, -0.2) is 9.89 Å². The van der Waals surface area contributed by atoms with Crippen molar-refractivity contribution in [3.05, 3.63) is 62.8 Å². The van der Waals surface area contributed by atoms with E-state index in [2.05, 4.69) is 20.3 Å². The van der Waals surface area contributed by atoms with Crippen LogP contribution in [0.25, 0.3) is 16.3 Å². The SMILES string of the molecule is N=C(N)c1ccc(OC(=O)C(F)(F)F)c(C=CCNC(=O)c2cc3n[nH]c(=O)cc3s2)c1. The van der Waals surface area contributed by atoms with Crippen molar-refractivity contribution in [1.29, 1.82) is 5.41 Å². The van der Waals surface area contributed by atoms with Crippen LogP contribution >= 0.6 is 11.3 Å². The van der Waals surface area contributed by atoms with E-state index in [1.165, 1.54) is 36.4 Å². The van der Waals surface area contributed by atoms with Gasteiger partial charge in [0.15, 0.2) is 0 Å². The van der Waals surface area contributed by atoms with Crippen molar-refractivity contribution >= 4 is 45.3 Å². The minimum Gasteiger partial charge on any atom is -0.419 e. The summed E-state index contributed by atoms with van der Waals surface area (Å²) in [6, 6.07) is 6.41. The molecular formula is C19H14F3N5O4S. The molecule has 9 nitrogen and oxygen atoms in total. The molecule has 3 aromatic rings. The second kappa shape index (κ2) is 9.01. The second-order valence-corrected chi connectivity index (χ2v) is 7.34. The molecule has 0 aliphatic carbocycles. The summed E-state index contributed by atoms with van der Waals surface area (Å²) in [5, 5.41) is 16.1. The van der Waals surface area contributed by atoms with Gasteiger partial charge < -0.3 is 15.8 Å². The number of alkyl halides is 3. The standard InChI is InChI=1S/C19H14F3N5O4S/c20-19(21,22)18(30)31-12-4-3-10(16(23)24)6-9(12)2-1-5-25-17(29)14-7-11-13(32-14)8-15(28)27-26-11/h1-4,6-8H,5H2,(H3,23,24)(H,25,29)(H,27,28). The molecule has 0 bridgehead atoms. The highest BCUT2D eigenvalue weighted by molar-refractivity contribution is 7.20. The summed E-state index contributed by atoms with van der Waals surface area (Å²) in [7, 11) is 0. The number of esters is 1. The van der Waals surface area contributed by atoms with E-state index < -0.39 is 23.6 Å². The van der Waals surface area contributed by atoms with E-state index in [0.29, 0.717) is 15.1 Å². The number of benzene rings is 1. The van der Waals surface area contributed by atoms with E-state index in [-0.39, 0.29) is 29.3 Å². The second-order valence-electron chi connectivity index (χ2n) is 6.26. The summed E-state index contributed by atoms with van der Waals surface area (Å²) in [5.74, 6) is -3.57. The highest BCUT2D eigenvalue weighted by Crippen LogP contribution is 2.26. The zero-order valence-corrected chi connectivity index (χ0v) is 16.8. The first kappa shape index (κ1) is 22.7. The van der Waals surface area contributed by atoms with Crippen LogP contribution in [0.1, 0.15) is 20.8 Å². The molecule has 0 aliphatic rings. The van der Waals surface area contributed by atoms with Crippen LogP contribution in [0, 0.1) is 5.41 Å². The quantitative estimate of drug-likeness (QED) is 0.190. The molecule has 0 fully saturated rings. The molecule has 166 valence electrons. The van der Waals surface area contributed by atoms with E-state index in [1.807, 2.05) is 0 Å². The number of nitrogens with one attached hydrogen (secondary N) is 3. The van der Waals surface area contributed by atoms with Crippen molar-refractivity contribution in [2.45, 2.75) is 6.18 Å². The van der Waals surface area contributed by atoms with E-state index in [1.54, 1.807) is 0 Å². The summed E-state index contributed by atoms with van der Waals surface area (Å²) in [4.78, 5) is 35.0. The van der Waals surface area contributed by atoms with Crippen molar-refractivity contribution < 1.29 is 27.5 Å². The van der Waals surface area contributed by atoms with Crippen molar-refractivity contribution in [2.24, 2.45) is 5.73 Å². The number of amidine groups is 1. The molecule has 0 spiro atoms. The van der Waals surface area contributed by atoms with Crippen molar-refractivity contribution in [3.8, 4) is 5.75 Å². The fourth-order valence-corrected chi connectivity index (χ4v) is 3.43. The third kappa shape index (κ3) is 5.37. The molecule has 13 heteroatoms. The van der Waals surface area contributed by atoms with Crippen LogP contribution in [0.3, 0.4) is 0 Å². The molecule has 0 unspecified atom stereocenters. The summed E-state index contributed by atoms with van der Waals surface area (Å²) >= 11 is 1.07. The van der Waals surface area contributed by atoms with E-state index in [9.17, 15) is 27.6 Å². The van der Waals surface area contributed by atoms with Crippen molar-refractivity contribution in [3.63, 3.8) is 0 Å². The molecule has 3 rings (SSSR count). The number of amides is 1. The molecule has 0 radical (unpaired) electrons. The predicted molar refractivity (Wildman–Crippen MR) is 111 cm³/mol. The molecule has 1 amide bonds. The minimum absolute atomic E-state index is 0.0175. The van der Waals surface area contributed by atoms with Gasteiger partial charge in [-0.05, 0) is 24.3 Å². The number of rotatable bonds is 6. The summed E-state index contributed by atoms with van der Waals surface area (Å²) in [6.45, 7) is -0.0175. The van der Waals surface area contributed by atoms with Gasteiger partial charge in [0.1, 0.15) is 17.1 Å². The number of aromatic amines is 1. The van der Waals surface area contributed by atoms with E-state index in [0.717, 1.165) is 17.4 Å². The molecule has 2 aromatic heterocycles. The predicted octanol–water partition coefficient (Wildman–Crippen LogP) is 2.18. The molecule has 2 heterocycles. The Morgan fingerprint density at radius 2 is 2.03 bits per heavy atom. The maximum absolute atomic E-state index is 12.5. The summed E-state index contributed by atoms with van der Waals surface area (Å²) < 4.78 is 42.5. The first-order chi connectivity index (χ1) is 15.0. The molecular weight excluding hydrogens is 451 g/mol. The van der Waals surface area contributed by atoms with Crippen LogP contribution < -0.4 is 21.3 Å². The van der Waals surface area contributed by atoms with E-state index in [4.69, 9.17) is 11.1 Å². The number of H-pyrrole nitrogens is 1. The Hall–Kier alpha value is -4.00. The number of carbonyl (C=O) groups is 2. The van der Waals surface area contributed by atoms with Gasteiger partial charge in [-0.2, -0.15) is 18.3 Å². The molecule has 0 saturated carbocycles. The number of nitrogen functional groups attached to an aromatic ring is 1. The minimum atomic E-state index is -5.18. The lowest BCUT2D eigenvalue weighted by Crippen LogP contribution is -2.28. The number of nitrogens with zero attached hydrogens (tertiary/aromatic N) is 1. The Morgan fingerprint density at radius 1 is 1.28 bits per heavy atom. The number of ether oxygens (including phenoxy) is 1. The third-order valence-corrected chi connectivity index (χ3v) is 5.02. The smallest absolute Gasteiger partial charge is 0.419 e. The largest absolute Gasteiger partial charge is 0.491 e. The number of halogens is 3. The first-order valence-electron chi connectivity index (χ1n) is 8.76. The Bertz CT molecular complexity index is 1300. The summed E-state index contributed by atoms with van der Waals surface area (Å²) in [6.07, 6.45) is -2.45. The normalized spacial score (nSPS) is 11.6. The Kier molecular flexibility index (Phi) is 6.39. The number of nitrogens with two attached hydrogens (primary N) is 1. The van der Waals surface area contributed by atoms with Crippen molar-refractivity contribution in [1.82, 2.24) is 15.5 Å². The zero-order valence-electron chi connectivity index (χ0n) is 15.9. The molecule has 0 aliphatic heterocycles. The molecule has 1 aromatic carbocycles. The summed E-state index contributed by atoms with van der Waals surface area (Å²) in [5.41, 5.74) is 5.70. The first-order valence-corrected chi connectivity index (χ1v) is 9.57. The monoisotopic (exact) mass is 465 g/mol. The Morgan fingerprint density at radius 3 is 2.72 bits per heavy atom. The lowest BCUT2D eigenvalue weighted by Gasteiger charge is -2.11. The lowest BCUT2D eigenvalue weighted by molar-refractivity contribution is -0.189. The number of fused-ring (bicyclic) bond motifs is 1. The average molecular weight is 465 g/mol. The fraction of sp³-hybridized carbons (Fsp3) is 0.105. The molecule has 0 atom stereocenters. The van der Waals surface area contributed by atoms with Crippen LogP contribution in [0.5, 0.6) is 5.75 Å². The van der Waals surface area contributed by atoms with Crippen LogP contribution in [0.2, 0.25) is 0 Å². The third-order valence-electron chi connectivity index (χ3n) is 3.95. The topological polar surface area (TPSA) is 151 Å². The van der Waals surface area contributed by atoms with Crippen LogP contribution in [-0.4, -0.2) is 40.6 Å². The number of hydrogen-bond acceptors (Lipinski definition) is 7. The zero-order chi connectivity index (χ0) is 23.5.